The maximum Gasteiger partial charge on any atom is 0.243 e. The van der Waals surface area contributed by atoms with E-state index in [1.165, 1.54) is 25.6 Å². The van der Waals surface area contributed by atoms with Crippen LogP contribution in [0.15, 0.2) is 35.2 Å². The maximum absolute atomic E-state index is 13.0. The van der Waals surface area contributed by atoms with Crippen molar-refractivity contribution in [3.05, 3.63) is 40.9 Å². The van der Waals surface area contributed by atoms with Gasteiger partial charge in [0.1, 0.15) is 17.2 Å². The summed E-state index contributed by atoms with van der Waals surface area (Å²) in [6.45, 7) is 1.05. The molecule has 0 unspecified atom stereocenters. The number of halogens is 1. The molecule has 1 saturated heterocycles. The number of rotatable bonds is 9. The molecule has 1 aliphatic heterocycles. The van der Waals surface area contributed by atoms with Crippen LogP contribution in [0, 0.1) is 0 Å². The minimum atomic E-state index is -3.58. The lowest BCUT2D eigenvalue weighted by Crippen LogP contribution is -2.35. The topological polar surface area (TPSA) is 94.2 Å². The fourth-order valence-corrected chi connectivity index (χ4v) is 5.58. The van der Waals surface area contributed by atoms with Gasteiger partial charge in [0, 0.05) is 31.6 Å². The highest BCUT2D eigenvalue weighted by Gasteiger charge is 2.26. The Balaban J connectivity index is 1.75. The van der Waals surface area contributed by atoms with Crippen molar-refractivity contribution in [1.82, 2.24) is 4.31 Å². The number of ether oxygens (including phenoxy) is 3. The largest absolute Gasteiger partial charge is 0.496 e. The van der Waals surface area contributed by atoms with Crippen LogP contribution in [0.1, 0.15) is 31.2 Å². The van der Waals surface area contributed by atoms with Crippen LogP contribution in [-0.4, -0.2) is 53.0 Å². The molecular formula is C23H29ClN2O6S. The van der Waals surface area contributed by atoms with Gasteiger partial charge in [0.25, 0.3) is 0 Å². The molecule has 0 atom stereocenters. The van der Waals surface area contributed by atoms with Gasteiger partial charge in [0.15, 0.2) is 0 Å². The molecule has 0 spiro atoms. The summed E-state index contributed by atoms with van der Waals surface area (Å²) < 4.78 is 43.5. The van der Waals surface area contributed by atoms with Gasteiger partial charge in [-0.3, -0.25) is 4.79 Å². The number of nitrogens with one attached hydrogen (secondary N) is 1. The van der Waals surface area contributed by atoms with Crippen molar-refractivity contribution in [2.45, 2.75) is 37.0 Å². The molecule has 33 heavy (non-hydrogen) atoms. The van der Waals surface area contributed by atoms with Crippen LogP contribution in [-0.2, 0) is 21.2 Å². The molecule has 0 bridgehead atoms. The summed E-state index contributed by atoms with van der Waals surface area (Å²) >= 11 is 6.11. The third kappa shape index (κ3) is 5.90. The number of anilines is 1. The van der Waals surface area contributed by atoms with Crippen molar-refractivity contribution in [3.63, 3.8) is 0 Å². The molecule has 1 heterocycles. The summed E-state index contributed by atoms with van der Waals surface area (Å²) in [5.41, 5.74) is 1.07. The summed E-state index contributed by atoms with van der Waals surface area (Å²) in [5, 5.41) is 3.16. The van der Waals surface area contributed by atoms with Gasteiger partial charge >= 0.3 is 0 Å². The standard InChI is InChI=1S/C23H29ClN2O6S/c1-30-20-9-8-17(33(28,29)26-11-5-4-6-12-26)13-16(20)7-10-23(27)25-19-15-21(31-2)18(24)14-22(19)32-3/h8-9,13-15H,4-7,10-12H2,1-3H3,(H,25,27). The van der Waals surface area contributed by atoms with Crippen LogP contribution in [0.4, 0.5) is 5.69 Å². The average Bonchev–Trinajstić information content (AvgIpc) is 2.83. The molecule has 2 aromatic rings. The first-order valence-corrected chi connectivity index (χ1v) is 12.5. The summed E-state index contributed by atoms with van der Waals surface area (Å²) in [7, 11) is 0.895. The molecule has 0 aromatic heterocycles. The SMILES string of the molecule is COc1cc(NC(=O)CCc2cc(S(=O)(=O)N3CCCCC3)ccc2OC)c(OC)cc1Cl. The van der Waals surface area contributed by atoms with Crippen LogP contribution in [0.25, 0.3) is 0 Å². The van der Waals surface area contributed by atoms with Crippen molar-refractivity contribution in [1.29, 1.82) is 0 Å². The Morgan fingerprint density at radius 1 is 0.970 bits per heavy atom. The highest BCUT2D eigenvalue weighted by atomic mass is 35.5. The van der Waals surface area contributed by atoms with Gasteiger partial charge in [0.05, 0.1) is 36.9 Å². The molecule has 0 saturated carbocycles. The van der Waals surface area contributed by atoms with E-state index in [-0.39, 0.29) is 17.2 Å². The smallest absolute Gasteiger partial charge is 0.243 e. The minimum absolute atomic E-state index is 0.109. The number of hydrogen-bond donors (Lipinski definition) is 1. The van der Waals surface area contributed by atoms with E-state index in [0.29, 0.717) is 53.0 Å². The molecule has 1 N–H and O–H groups in total. The van der Waals surface area contributed by atoms with Gasteiger partial charge in [-0.1, -0.05) is 18.0 Å². The predicted molar refractivity (Wildman–Crippen MR) is 127 cm³/mol. The number of benzene rings is 2. The van der Waals surface area contributed by atoms with Crippen molar-refractivity contribution < 1.29 is 27.4 Å². The number of piperidine rings is 1. The molecular weight excluding hydrogens is 468 g/mol. The van der Waals surface area contributed by atoms with Crippen LogP contribution in [0.5, 0.6) is 17.2 Å². The molecule has 0 aliphatic carbocycles. The van der Waals surface area contributed by atoms with Crippen LogP contribution >= 0.6 is 11.6 Å². The Kier molecular flexibility index (Phi) is 8.45. The summed E-state index contributed by atoms with van der Waals surface area (Å²) in [6.07, 6.45) is 3.17. The summed E-state index contributed by atoms with van der Waals surface area (Å²) in [4.78, 5) is 12.9. The van der Waals surface area contributed by atoms with E-state index in [0.717, 1.165) is 19.3 Å². The normalized spacial score (nSPS) is 14.5. The highest BCUT2D eigenvalue weighted by Crippen LogP contribution is 2.36. The second-order valence-corrected chi connectivity index (χ2v) is 10.0. The van der Waals surface area contributed by atoms with Crippen LogP contribution in [0.2, 0.25) is 5.02 Å². The van der Waals surface area contributed by atoms with Gasteiger partial charge in [0.2, 0.25) is 15.9 Å². The molecule has 180 valence electrons. The second kappa shape index (κ2) is 11.1. The maximum atomic E-state index is 13.0. The Hall–Kier alpha value is -2.49. The van der Waals surface area contributed by atoms with Crippen molar-refractivity contribution in [2.75, 3.05) is 39.7 Å². The number of nitrogens with zero attached hydrogens (tertiary/aromatic N) is 1. The number of methoxy groups -OCH3 is 3. The number of sulfonamides is 1. The number of aryl methyl sites for hydroxylation is 1. The molecule has 1 aliphatic rings. The Labute approximate surface area is 199 Å². The van der Waals surface area contributed by atoms with Crippen molar-refractivity contribution in [2.24, 2.45) is 0 Å². The molecule has 0 radical (unpaired) electrons. The van der Waals surface area contributed by atoms with Crippen molar-refractivity contribution in [3.8, 4) is 17.2 Å². The number of carbonyl (C=O) groups excluding carboxylic acids is 1. The number of amides is 1. The molecule has 1 amide bonds. The van der Waals surface area contributed by atoms with Gasteiger partial charge in [-0.25, -0.2) is 8.42 Å². The van der Waals surface area contributed by atoms with Gasteiger partial charge in [-0.2, -0.15) is 4.31 Å². The Morgan fingerprint density at radius 2 is 1.64 bits per heavy atom. The molecule has 2 aromatic carbocycles. The lowest BCUT2D eigenvalue weighted by atomic mass is 10.1. The van der Waals surface area contributed by atoms with E-state index in [1.54, 1.807) is 30.3 Å². The van der Waals surface area contributed by atoms with Gasteiger partial charge < -0.3 is 19.5 Å². The minimum Gasteiger partial charge on any atom is -0.496 e. The van der Waals surface area contributed by atoms with Gasteiger partial charge in [-0.15, -0.1) is 0 Å². The second-order valence-electron chi connectivity index (χ2n) is 7.67. The lowest BCUT2D eigenvalue weighted by Gasteiger charge is -2.26. The molecule has 3 rings (SSSR count). The van der Waals surface area contributed by atoms with Crippen molar-refractivity contribution >= 4 is 33.2 Å². The first-order chi connectivity index (χ1) is 15.8. The Morgan fingerprint density at radius 3 is 2.27 bits per heavy atom. The molecule has 8 nitrogen and oxygen atoms in total. The first kappa shape index (κ1) is 25.1. The average molecular weight is 497 g/mol. The number of hydrogen-bond acceptors (Lipinski definition) is 6. The zero-order chi connectivity index (χ0) is 24.0. The van der Waals surface area contributed by atoms with E-state index >= 15 is 0 Å². The fourth-order valence-electron chi connectivity index (χ4n) is 3.78. The molecule has 1 fully saturated rings. The zero-order valence-corrected chi connectivity index (χ0v) is 20.6. The monoisotopic (exact) mass is 496 g/mol. The van der Waals surface area contributed by atoms with E-state index in [1.807, 2.05) is 0 Å². The lowest BCUT2D eigenvalue weighted by molar-refractivity contribution is -0.116. The van der Waals surface area contributed by atoms with E-state index in [2.05, 4.69) is 5.32 Å². The zero-order valence-electron chi connectivity index (χ0n) is 19.0. The van der Waals surface area contributed by atoms with Crippen LogP contribution < -0.4 is 19.5 Å². The van der Waals surface area contributed by atoms with E-state index in [4.69, 9.17) is 25.8 Å². The molecule has 10 heteroatoms. The third-order valence-corrected chi connectivity index (χ3v) is 7.76. The third-order valence-electron chi connectivity index (χ3n) is 5.57. The summed E-state index contributed by atoms with van der Waals surface area (Å²) in [5.74, 6) is 1.07. The van der Waals surface area contributed by atoms with Gasteiger partial charge in [-0.05, 0) is 43.0 Å². The summed E-state index contributed by atoms with van der Waals surface area (Å²) in [6, 6.07) is 7.94. The predicted octanol–water partition coefficient (Wildman–Crippen LogP) is 4.11. The first-order valence-electron chi connectivity index (χ1n) is 10.7. The van der Waals surface area contributed by atoms with E-state index < -0.39 is 10.0 Å². The van der Waals surface area contributed by atoms with E-state index in [9.17, 15) is 13.2 Å². The number of carbonyl (C=O) groups is 1. The van der Waals surface area contributed by atoms with Crippen LogP contribution in [0.3, 0.4) is 0 Å². The Bertz CT molecular complexity index is 1100. The fraction of sp³-hybridized carbons (Fsp3) is 0.435. The quantitative estimate of drug-likeness (QED) is 0.561. The highest BCUT2D eigenvalue weighted by molar-refractivity contribution is 7.89.